The van der Waals surface area contributed by atoms with Crippen molar-refractivity contribution < 1.29 is 18.0 Å². The first-order valence-corrected chi connectivity index (χ1v) is 7.17. The Kier molecular flexibility index (Phi) is 5.59. The molecule has 118 valence electrons. The van der Waals surface area contributed by atoms with Crippen molar-refractivity contribution in [1.82, 2.24) is 0 Å². The number of rotatable bonds is 4. The lowest BCUT2D eigenvalue weighted by Gasteiger charge is -2.07. The quantitative estimate of drug-likeness (QED) is 0.751. The number of carbonyl (C=O) groups excluding carboxylic acids is 1. The third-order valence-electron chi connectivity index (χ3n) is 3.22. The average Bonchev–Trinajstić information content (AvgIpc) is 2.52. The summed E-state index contributed by atoms with van der Waals surface area (Å²) in [4.78, 5) is 11.8. The lowest BCUT2D eigenvalue weighted by atomic mass is 10.0. The molecule has 0 amide bonds. The van der Waals surface area contributed by atoms with Gasteiger partial charge in [-0.1, -0.05) is 42.2 Å². The molecule has 2 aromatic rings. The summed E-state index contributed by atoms with van der Waals surface area (Å²) < 4.78 is 37.3. The van der Waals surface area contributed by atoms with Crippen LogP contribution in [0.15, 0.2) is 54.6 Å². The van der Waals surface area contributed by atoms with Gasteiger partial charge in [0.1, 0.15) is 5.78 Å². The zero-order valence-corrected chi connectivity index (χ0v) is 12.4. The summed E-state index contributed by atoms with van der Waals surface area (Å²) >= 11 is 0. The predicted octanol–water partition coefficient (Wildman–Crippen LogP) is 4.65. The fourth-order valence-corrected chi connectivity index (χ4v) is 2.02. The molecule has 0 saturated carbocycles. The Labute approximate surface area is 133 Å². The van der Waals surface area contributed by atoms with Crippen LogP contribution in [-0.4, -0.2) is 5.78 Å². The number of ketones is 1. The molecule has 4 heteroatoms. The summed E-state index contributed by atoms with van der Waals surface area (Å²) in [6.45, 7) is 0. The van der Waals surface area contributed by atoms with E-state index in [1.54, 1.807) is 0 Å². The third kappa shape index (κ3) is 5.63. The van der Waals surface area contributed by atoms with Crippen LogP contribution in [0.4, 0.5) is 13.2 Å². The number of alkyl halides is 3. The van der Waals surface area contributed by atoms with E-state index in [1.807, 2.05) is 30.3 Å². The summed E-state index contributed by atoms with van der Waals surface area (Å²) in [5.74, 6) is 5.85. The van der Waals surface area contributed by atoms with Gasteiger partial charge in [-0.15, -0.1) is 0 Å². The maximum absolute atomic E-state index is 12.4. The molecule has 0 aliphatic heterocycles. The molecule has 0 N–H and O–H groups in total. The molecule has 23 heavy (non-hydrogen) atoms. The van der Waals surface area contributed by atoms with Crippen LogP contribution >= 0.6 is 0 Å². The van der Waals surface area contributed by atoms with Crippen molar-refractivity contribution in [2.45, 2.75) is 25.4 Å². The van der Waals surface area contributed by atoms with Crippen LogP contribution in [0.25, 0.3) is 0 Å². The molecule has 0 heterocycles. The Bertz CT molecular complexity index is 704. The van der Waals surface area contributed by atoms with Crippen molar-refractivity contribution in [3.05, 3.63) is 71.3 Å². The highest BCUT2D eigenvalue weighted by atomic mass is 19.4. The zero-order valence-electron chi connectivity index (χ0n) is 12.4. The number of carbonyl (C=O) groups is 1. The number of hydrogen-bond acceptors (Lipinski definition) is 1. The maximum Gasteiger partial charge on any atom is 0.416 e. The van der Waals surface area contributed by atoms with E-state index in [0.717, 1.165) is 17.7 Å². The van der Waals surface area contributed by atoms with E-state index in [0.29, 0.717) is 18.4 Å². The Morgan fingerprint density at radius 1 is 0.957 bits per heavy atom. The number of benzene rings is 2. The second kappa shape index (κ2) is 7.64. The third-order valence-corrected chi connectivity index (χ3v) is 3.22. The van der Waals surface area contributed by atoms with Crippen LogP contribution < -0.4 is 0 Å². The minimum absolute atomic E-state index is 0.0351. The highest BCUT2D eigenvalue weighted by Crippen LogP contribution is 2.29. The SMILES string of the molecule is O=C(CCC#Cc1ccccc1)Cc1ccc(C(F)(F)F)cc1. The van der Waals surface area contributed by atoms with Gasteiger partial charge in [0.15, 0.2) is 0 Å². The average molecular weight is 316 g/mol. The minimum Gasteiger partial charge on any atom is -0.299 e. The van der Waals surface area contributed by atoms with Crippen molar-refractivity contribution in [2.75, 3.05) is 0 Å². The molecule has 0 fully saturated rings. The first kappa shape index (κ1) is 16.8. The minimum atomic E-state index is -4.35. The molecule has 0 atom stereocenters. The molecule has 2 rings (SSSR count). The molecule has 0 aliphatic rings. The van der Waals surface area contributed by atoms with E-state index < -0.39 is 11.7 Å². The fourth-order valence-electron chi connectivity index (χ4n) is 2.02. The van der Waals surface area contributed by atoms with E-state index >= 15 is 0 Å². The second-order valence-electron chi connectivity index (χ2n) is 5.08. The van der Waals surface area contributed by atoms with Crippen molar-refractivity contribution in [3.8, 4) is 11.8 Å². The molecule has 0 unspecified atom stereocenters. The molecule has 0 aliphatic carbocycles. The molecule has 0 saturated heterocycles. The van der Waals surface area contributed by atoms with Crippen molar-refractivity contribution in [1.29, 1.82) is 0 Å². The number of halogens is 3. The molecule has 2 aromatic carbocycles. The summed E-state index contributed by atoms with van der Waals surface area (Å²) in [5, 5.41) is 0. The van der Waals surface area contributed by atoms with Gasteiger partial charge in [-0.25, -0.2) is 0 Å². The topological polar surface area (TPSA) is 17.1 Å². The standard InChI is InChI=1S/C19H15F3O/c20-19(21,22)17-12-10-16(11-13-17)14-18(23)9-5-4-8-15-6-2-1-3-7-15/h1-3,6-7,10-13H,5,9,14H2. The van der Waals surface area contributed by atoms with Crippen LogP contribution in [0.1, 0.15) is 29.5 Å². The van der Waals surface area contributed by atoms with Gasteiger partial charge in [0.25, 0.3) is 0 Å². The van der Waals surface area contributed by atoms with Crippen molar-refractivity contribution in [3.63, 3.8) is 0 Å². The second-order valence-corrected chi connectivity index (χ2v) is 5.08. The molecule has 0 aromatic heterocycles. The van der Waals surface area contributed by atoms with Crippen LogP contribution in [0, 0.1) is 11.8 Å². The highest BCUT2D eigenvalue weighted by molar-refractivity contribution is 5.81. The fraction of sp³-hybridized carbons (Fsp3) is 0.211. The van der Waals surface area contributed by atoms with Gasteiger partial charge in [0.05, 0.1) is 5.56 Å². The lowest BCUT2D eigenvalue weighted by molar-refractivity contribution is -0.137. The van der Waals surface area contributed by atoms with Gasteiger partial charge in [-0.3, -0.25) is 4.79 Å². The van der Waals surface area contributed by atoms with E-state index in [9.17, 15) is 18.0 Å². The monoisotopic (exact) mass is 316 g/mol. The molecular formula is C19H15F3O. The van der Waals surface area contributed by atoms with Gasteiger partial charge in [-0.2, -0.15) is 13.2 Å². The lowest BCUT2D eigenvalue weighted by Crippen LogP contribution is -2.06. The van der Waals surface area contributed by atoms with Gasteiger partial charge < -0.3 is 0 Å². The molecule has 0 spiro atoms. The highest BCUT2D eigenvalue weighted by Gasteiger charge is 2.29. The van der Waals surface area contributed by atoms with Crippen molar-refractivity contribution >= 4 is 5.78 Å². The summed E-state index contributed by atoms with van der Waals surface area (Å²) in [6, 6.07) is 14.1. The van der Waals surface area contributed by atoms with Crippen molar-refractivity contribution in [2.24, 2.45) is 0 Å². The van der Waals surface area contributed by atoms with E-state index in [4.69, 9.17) is 0 Å². The molecular weight excluding hydrogens is 301 g/mol. The largest absolute Gasteiger partial charge is 0.416 e. The summed E-state index contributed by atoms with van der Waals surface area (Å²) in [5.41, 5.74) is 0.768. The number of Topliss-reactive ketones (excluding diaryl/α,β-unsaturated/α-hetero) is 1. The maximum atomic E-state index is 12.4. The van der Waals surface area contributed by atoms with Gasteiger partial charge in [-0.05, 0) is 29.8 Å². The van der Waals surface area contributed by atoms with Gasteiger partial charge in [0, 0.05) is 24.8 Å². The van der Waals surface area contributed by atoms with E-state index in [1.165, 1.54) is 12.1 Å². The molecule has 0 bridgehead atoms. The first-order valence-electron chi connectivity index (χ1n) is 7.17. The van der Waals surface area contributed by atoms with Gasteiger partial charge >= 0.3 is 6.18 Å². The first-order chi connectivity index (χ1) is 10.9. The van der Waals surface area contributed by atoms with E-state index in [2.05, 4.69) is 11.8 Å². The summed E-state index contributed by atoms with van der Waals surface area (Å²) in [7, 11) is 0. The molecule has 0 radical (unpaired) electrons. The zero-order chi connectivity index (χ0) is 16.7. The van der Waals surface area contributed by atoms with Crippen LogP contribution in [0.3, 0.4) is 0 Å². The van der Waals surface area contributed by atoms with Crippen LogP contribution in [0.5, 0.6) is 0 Å². The van der Waals surface area contributed by atoms with Gasteiger partial charge in [0.2, 0.25) is 0 Å². The van der Waals surface area contributed by atoms with E-state index in [-0.39, 0.29) is 12.2 Å². The Hall–Kier alpha value is -2.54. The van der Waals surface area contributed by atoms with Crippen LogP contribution in [0.2, 0.25) is 0 Å². The molecule has 1 nitrogen and oxygen atoms in total. The Morgan fingerprint density at radius 3 is 2.22 bits per heavy atom. The predicted molar refractivity (Wildman–Crippen MR) is 82.7 cm³/mol. The normalized spacial score (nSPS) is 10.7. The summed E-state index contributed by atoms with van der Waals surface area (Å²) in [6.07, 6.45) is -3.49. The Morgan fingerprint density at radius 2 is 1.61 bits per heavy atom. The number of hydrogen-bond donors (Lipinski definition) is 0. The smallest absolute Gasteiger partial charge is 0.299 e. The van der Waals surface area contributed by atoms with Crippen LogP contribution in [-0.2, 0) is 17.4 Å². The Balaban J connectivity index is 1.82.